The maximum Gasteiger partial charge on any atom is 0.193 e. The Labute approximate surface area is 122 Å². The molecular formula is C16H16BrNO. The summed E-state index contributed by atoms with van der Waals surface area (Å²) in [6.07, 6.45) is 0. The Morgan fingerprint density at radius 2 is 1.58 bits per heavy atom. The first kappa shape index (κ1) is 13.8. The van der Waals surface area contributed by atoms with Gasteiger partial charge in [-0.25, -0.2) is 0 Å². The topological polar surface area (TPSA) is 20.3 Å². The molecule has 0 aliphatic carbocycles. The van der Waals surface area contributed by atoms with Gasteiger partial charge in [0.1, 0.15) is 0 Å². The second-order valence-corrected chi connectivity index (χ2v) is 5.59. The normalized spacial score (nSPS) is 10.3. The lowest BCUT2D eigenvalue weighted by Crippen LogP contribution is -2.09. The number of nitrogens with zero attached hydrogens (tertiary/aromatic N) is 1. The minimum atomic E-state index is 0.0472. The monoisotopic (exact) mass is 317 g/mol. The van der Waals surface area contributed by atoms with Gasteiger partial charge >= 0.3 is 0 Å². The highest BCUT2D eigenvalue weighted by Gasteiger charge is 2.10. The second kappa shape index (κ2) is 5.57. The fourth-order valence-electron chi connectivity index (χ4n) is 1.81. The smallest absolute Gasteiger partial charge is 0.193 e. The molecule has 19 heavy (non-hydrogen) atoms. The maximum absolute atomic E-state index is 12.4. The van der Waals surface area contributed by atoms with E-state index in [9.17, 15) is 4.79 Å². The molecule has 0 unspecified atom stereocenters. The minimum absolute atomic E-state index is 0.0472. The lowest BCUT2D eigenvalue weighted by atomic mass is 10.0. The number of carbonyl (C=O) groups excluding carboxylic acids is 1. The molecular weight excluding hydrogens is 302 g/mol. The summed E-state index contributed by atoms with van der Waals surface area (Å²) in [5, 5.41) is 0. The largest absolute Gasteiger partial charge is 0.378 e. The number of anilines is 1. The average Bonchev–Trinajstić information content (AvgIpc) is 2.41. The zero-order chi connectivity index (χ0) is 14.0. The molecule has 0 atom stereocenters. The van der Waals surface area contributed by atoms with Crippen LogP contribution < -0.4 is 4.90 Å². The van der Waals surface area contributed by atoms with Crippen molar-refractivity contribution in [2.24, 2.45) is 0 Å². The zero-order valence-electron chi connectivity index (χ0n) is 11.3. The summed E-state index contributed by atoms with van der Waals surface area (Å²) >= 11 is 3.46. The molecule has 0 radical (unpaired) electrons. The Morgan fingerprint density at radius 1 is 1.00 bits per heavy atom. The Hall–Kier alpha value is -1.61. The zero-order valence-corrected chi connectivity index (χ0v) is 12.9. The van der Waals surface area contributed by atoms with Crippen molar-refractivity contribution in [3.05, 3.63) is 63.6 Å². The second-order valence-electron chi connectivity index (χ2n) is 4.73. The van der Waals surface area contributed by atoms with Crippen LogP contribution in [0.25, 0.3) is 0 Å². The number of hydrogen-bond acceptors (Lipinski definition) is 2. The maximum atomic E-state index is 12.4. The number of ketones is 1. The summed E-state index contributed by atoms with van der Waals surface area (Å²) in [7, 11) is 3.96. The van der Waals surface area contributed by atoms with Crippen LogP contribution in [0.15, 0.2) is 46.9 Å². The molecule has 98 valence electrons. The van der Waals surface area contributed by atoms with Gasteiger partial charge in [0.25, 0.3) is 0 Å². The highest BCUT2D eigenvalue weighted by molar-refractivity contribution is 9.10. The van der Waals surface area contributed by atoms with Gasteiger partial charge in [0, 0.05) is 35.4 Å². The molecule has 3 heteroatoms. The third-order valence-corrected chi connectivity index (χ3v) is 3.93. The molecule has 0 fully saturated rings. The summed E-state index contributed by atoms with van der Waals surface area (Å²) in [6.45, 7) is 2.00. The number of halogens is 1. The lowest BCUT2D eigenvalue weighted by molar-refractivity contribution is 0.103. The summed E-state index contributed by atoms with van der Waals surface area (Å²) in [6, 6.07) is 13.3. The quantitative estimate of drug-likeness (QED) is 0.796. The molecule has 0 saturated carbocycles. The van der Waals surface area contributed by atoms with Crippen LogP contribution in [0.1, 0.15) is 21.5 Å². The highest BCUT2D eigenvalue weighted by Crippen LogP contribution is 2.20. The van der Waals surface area contributed by atoms with E-state index in [0.29, 0.717) is 11.1 Å². The third kappa shape index (κ3) is 3.04. The molecule has 2 rings (SSSR count). The lowest BCUT2D eigenvalue weighted by Gasteiger charge is -2.12. The third-order valence-electron chi connectivity index (χ3n) is 3.08. The van der Waals surface area contributed by atoms with Crippen molar-refractivity contribution < 1.29 is 4.79 Å². The first-order valence-electron chi connectivity index (χ1n) is 6.07. The van der Waals surface area contributed by atoms with Crippen LogP contribution in [0.2, 0.25) is 0 Å². The summed E-state index contributed by atoms with van der Waals surface area (Å²) in [5.41, 5.74) is 3.62. The predicted molar refractivity (Wildman–Crippen MR) is 83.1 cm³/mol. The van der Waals surface area contributed by atoms with E-state index >= 15 is 0 Å². The van der Waals surface area contributed by atoms with Gasteiger partial charge < -0.3 is 4.90 Å². The molecule has 2 nitrogen and oxygen atoms in total. The van der Waals surface area contributed by atoms with Gasteiger partial charge in [-0.3, -0.25) is 4.79 Å². The Bertz CT molecular complexity index is 603. The van der Waals surface area contributed by atoms with Crippen LogP contribution in [0.3, 0.4) is 0 Å². The van der Waals surface area contributed by atoms with E-state index in [1.807, 2.05) is 68.4 Å². The van der Waals surface area contributed by atoms with Gasteiger partial charge in [-0.1, -0.05) is 28.1 Å². The van der Waals surface area contributed by atoms with E-state index in [0.717, 1.165) is 15.7 Å². The molecule has 0 N–H and O–H groups in total. The predicted octanol–water partition coefficient (Wildman–Crippen LogP) is 4.05. The molecule has 0 aromatic heterocycles. The van der Waals surface area contributed by atoms with Gasteiger partial charge in [0.15, 0.2) is 5.78 Å². The van der Waals surface area contributed by atoms with Crippen LogP contribution in [-0.4, -0.2) is 19.9 Å². The molecule has 0 saturated heterocycles. The van der Waals surface area contributed by atoms with Crippen LogP contribution in [0, 0.1) is 6.92 Å². The van der Waals surface area contributed by atoms with Crippen molar-refractivity contribution in [2.45, 2.75) is 6.92 Å². The van der Waals surface area contributed by atoms with E-state index in [1.54, 1.807) is 0 Å². The van der Waals surface area contributed by atoms with Gasteiger partial charge in [-0.15, -0.1) is 0 Å². The van der Waals surface area contributed by atoms with Crippen molar-refractivity contribution in [2.75, 3.05) is 19.0 Å². The molecule has 0 bridgehead atoms. The van der Waals surface area contributed by atoms with E-state index < -0.39 is 0 Å². The average molecular weight is 318 g/mol. The molecule has 0 aliphatic rings. The minimum Gasteiger partial charge on any atom is -0.378 e. The van der Waals surface area contributed by atoms with Crippen LogP contribution in [-0.2, 0) is 0 Å². The number of rotatable bonds is 3. The number of hydrogen-bond donors (Lipinski definition) is 0. The van der Waals surface area contributed by atoms with Crippen molar-refractivity contribution in [3.63, 3.8) is 0 Å². The number of aryl methyl sites for hydroxylation is 1. The van der Waals surface area contributed by atoms with Gasteiger partial charge in [-0.05, 0) is 42.8 Å². The van der Waals surface area contributed by atoms with Crippen molar-refractivity contribution >= 4 is 27.4 Å². The summed E-state index contributed by atoms with van der Waals surface area (Å²) in [5.74, 6) is 0.0472. The molecule has 2 aromatic rings. The molecule has 0 aliphatic heterocycles. The van der Waals surface area contributed by atoms with Gasteiger partial charge in [0.2, 0.25) is 0 Å². The molecule has 0 spiro atoms. The number of carbonyl (C=O) groups is 1. The van der Waals surface area contributed by atoms with Crippen molar-refractivity contribution in [1.29, 1.82) is 0 Å². The Kier molecular flexibility index (Phi) is 4.05. The van der Waals surface area contributed by atoms with Gasteiger partial charge in [-0.2, -0.15) is 0 Å². The Morgan fingerprint density at radius 3 is 2.11 bits per heavy atom. The SMILES string of the molecule is Cc1ccc(C(=O)c2ccc(N(C)C)cc2)cc1Br. The fraction of sp³-hybridized carbons (Fsp3) is 0.188. The first-order chi connectivity index (χ1) is 8.99. The molecule has 2 aromatic carbocycles. The van der Waals surface area contributed by atoms with Crippen molar-refractivity contribution in [3.8, 4) is 0 Å². The Balaban J connectivity index is 2.30. The van der Waals surface area contributed by atoms with E-state index in [2.05, 4.69) is 15.9 Å². The standard InChI is InChI=1S/C16H16BrNO/c1-11-4-5-13(10-15(11)17)16(19)12-6-8-14(9-7-12)18(2)3/h4-10H,1-3H3. The van der Waals surface area contributed by atoms with E-state index in [4.69, 9.17) is 0 Å². The first-order valence-corrected chi connectivity index (χ1v) is 6.86. The highest BCUT2D eigenvalue weighted by atomic mass is 79.9. The van der Waals surface area contributed by atoms with Crippen LogP contribution >= 0.6 is 15.9 Å². The summed E-state index contributed by atoms with van der Waals surface area (Å²) < 4.78 is 0.961. The molecule has 0 heterocycles. The summed E-state index contributed by atoms with van der Waals surface area (Å²) in [4.78, 5) is 14.4. The molecule has 0 amide bonds. The van der Waals surface area contributed by atoms with E-state index in [1.165, 1.54) is 0 Å². The van der Waals surface area contributed by atoms with Crippen LogP contribution in [0.4, 0.5) is 5.69 Å². The number of benzene rings is 2. The van der Waals surface area contributed by atoms with E-state index in [-0.39, 0.29) is 5.78 Å². The van der Waals surface area contributed by atoms with Crippen LogP contribution in [0.5, 0.6) is 0 Å². The fourth-order valence-corrected chi connectivity index (χ4v) is 2.19. The van der Waals surface area contributed by atoms with Crippen molar-refractivity contribution in [1.82, 2.24) is 0 Å². The van der Waals surface area contributed by atoms with Gasteiger partial charge in [0.05, 0.1) is 0 Å².